The summed E-state index contributed by atoms with van der Waals surface area (Å²) in [6.07, 6.45) is 13.1. The molecular formula is C35H45FO4. The zero-order chi connectivity index (χ0) is 28.6. The molecule has 0 amide bonds. The molecule has 0 N–H and O–H groups in total. The Morgan fingerprint density at radius 2 is 1.30 bits per heavy atom. The van der Waals surface area contributed by atoms with Crippen molar-refractivity contribution in [3.05, 3.63) is 78.1 Å². The lowest BCUT2D eigenvalue weighted by Crippen LogP contribution is -2.11. The molecule has 0 radical (unpaired) electrons. The maximum Gasteiger partial charge on any atom is 0.343 e. The van der Waals surface area contributed by atoms with E-state index in [-0.39, 0.29) is 17.6 Å². The molecule has 0 fully saturated rings. The summed E-state index contributed by atoms with van der Waals surface area (Å²) in [5, 5.41) is 0. The number of halogens is 1. The van der Waals surface area contributed by atoms with Gasteiger partial charge in [0.25, 0.3) is 0 Å². The first-order valence-electron chi connectivity index (χ1n) is 15.0. The molecule has 5 heteroatoms. The molecule has 0 aliphatic rings. The second kappa shape index (κ2) is 17.4. The van der Waals surface area contributed by atoms with Gasteiger partial charge in [0, 0.05) is 6.07 Å². The van der Waals surface area contributed by atoms with Gasteiger partial charge in [0.2, 0.25) is 0 Å². The number of unbranched alkanes of at least 4 members (excludes halogenated alkanes) is 8. The maximum atomic E-state index is 14.5. The molecule has 3 aromatic rings. The number of hydrogen-bond donors (Lipinski definition) is 0. The van der Waals surface area contributed by atoms with Crippen LogP contribution in [-0.2, 0) is 0 Å². The van der Waals surface area contributed by atoms with Crippen molar-refractivity contribution in [2.24, 2.45) is 0 Å². The first-order valence-corrected chi connectivity index (χ1v) is 15.0. The molecule has 0 aliphatic carbocycles. The van der Waals surface area contributed by atoms with E-state index in [4.69, 9.17) is 14.2 Å². The summed E-state index contributed by atoms with van der Waals surface area (Å²) >= 11 is 0. The standard InChI is InChI=1S/C35H45FO4/c1-4-6-8-10-11-13-25-38-34-24-23-32(26-33(34)36)40-35(37)30-17-15-28(16-18-30)29-19-21-31(22-20-29)39-27(3)14-12-9-7-5-2/h15-24,26-27H,4-14,25H2,1-3H3. The summed E-state index contributed by atoms with van der Waals surface area (Å²) in [5.74, 6) is 0.107. The first kappa shape index (κ1) is 31.2. The molecule has 40 heavy (non-hydrogen) atoms. The molecule has 1 unspecified atom stereocenters. The lowest BCUT2D eigenvalue weighted by atomic mass is 10.0. The summed E-state index contributed by atoms with van der Waals surface area (Å²) in [6.45, 7) is 7.00. The molecule has 0 aromatic heterocycles. The van der Waals surface area contributed by atoms with E-state index in [9.17, 15) is 9.18 Å². The Morgan fingerprint density at radius 3 is 1.95 bits per heavy atom. The fourth-order valence-electron chi connectivity index (χ4n) is 4.57. The van der Waals surface area contributed by atoms with Crippen molar-refractivity contribution in [3.63, 3.8) is 0 Å². The normalized spacial score (nSPS) is 11.7. The Kier molecular flexibility index (Phi) is 13.5. The summed E-state index contributed by atoms with van der Waals surface area (Å²) in [5.41, 5.74) is 2.40. The fourth-order valence-corrected chi connectivity index (χ4v) is 4.57. The second-order valence-electron chi connectivity index (χ2n) is 10.5. The third kappa shape index (κ3) is 10.7. The number of carbonyl (C=O) groups excluding carboxylic acids is 1. The van der Waals surface area contributed by atoms with Gasteiger partial charge in [-0.05, 0) is 73.7 Å². The highest BCUT2D eigenvalue weighted by Crippen LogP contribution is 2.26. The Labute approximate surface area is 239 Å². The Hall–Kier alpha value is -3.34. The minimum Gasteiger partial charge on any atom is -0.491 e. The Bertz CT molecular complexity index is 1140. The summed E-state index contributed by atoms with van der Waals surface area (Å²) in [7, 11) is 0. The smallest absolute Gasteiger partial charge is 0.343 e. The highest BCUT2D eigenvalue weighted by molar-refractivity contribution is 5.91. The Balaban J connectivity index is 1.47. The van der Waals surface area contributed by atoms with Gasteiger partial charge in [-0.25, -0.2) is 9.18 Å². The van der Waals surface area contributed by atoms with E-state index in [1.807, 2.05) is 36.4 Å². The quantitative estimate of drug-likeness (QED) is 0.0901. The van der Waals surface area contributed by atoms with Crippen LogP contribution in [0.25, 0.3) is 11.1 Å². The number of carbonyl (C=O) groups is 1. The average molecular weight is 549 g/mol. The van der Waals surface area contributed by atoms with Crippen LogP contribution in [0.2, 0.25) is 0 Å². The van der Waals surface area contributed by atoms with E-state index in [1.165, 1.54) is 63.5 Å². The molecule has 3 aromatic carbocycles. The SMILES string of the molecule is CCCCCCCCOc1ccc(OC(=O)c2ccc(-c3ccc(OC(C)CCCCCC)cc3)cc2)cc1F. The summed E-state index contributed by atoms with van der Waals surface area (Å²) < 4.78 is 31.5. The highest BCUT2D eigenvalue weighted by Gasteiger charge is 2.12. The van der Waals surface area contributed by atoms with E-state index in [1.54, 1.807) is 18.2 Å². The van der Waals surface area contributed by atoms with Crippen molar-refractivity contribution in [2.75, 3.05) is 6.61 Å². The van der Waals surface area contributed by atoms with Gasteiger partial charge in [-0.3, -0.25) is 0 Å². The lowest BCUT2D eigenvalue weighted by Gasteiger charge is -2.15. The molecule has 4 nitrogen and oxygen atoms in total. The second-order valence-corrected chi connectivity index (χ2v) is 10.5. The van der Waals surface area contributed by atoms with Gasteiger partial charge in [0.15, 0.2) is 11.6 Å². The van der Waals surface area contributed by atoms with Crippen molar-refractivity contribution in [1.29, 1.82) is 0 Å². The van der Waals surface area contributed by atoms with Gasteiger partial charge >= 0.3 is 5.97 Å². The number of benzene rings is 3. The van der Waals surface area contributed by atoms with E-state index in [2.05, 4.69) is 20.8 Å². The van der Waals surface area contributed by atoms with E-state index in [0.29, 0.717) is 12.2 Å². The zero-order valence-electron chi connectivity index (χ0n) is 24.4. The largest absolute Gasteiger partial charge is 0.491 e. The third-order valence-electron chi connectivity index (χ3n) is 6.98. The van der Waals surface area contributed by atoms with Crippen LogP contribution in [0, 0.1) is 5.82 Å². The van der Waals surface area contributed by atoms with Gasteiger partial charge in [0.05, 0.1) is 18.3 Å². The van der Waals surface area contributed by atoms with Crippen LogP contribution >= 0.6 is 0 Å². The molecule has 0 saturated carbocycles. The maximum absolute atomic E-state index is 14.5. The Morgan fingerprint density at radius 1 is 0.725 bits per heavy atom. The number of ether oxygens (including phenoxy) is 3. The first-order chi connectivity index (χ1) is 19.5. The van der Waals surface area contributed by atoms with E-state index < -0.39 is 11.8 Å². The molecule has 0 heterocycles. The van der Waals surface area contributed by atoms with Crippen LogP contribution in [-0.4, -0.2) is 18.7 Å². The highest BCUT2D eigenvalue weighted by atomic mass is 19.1. The van der Waals surface area contributed by atoms with Crippen molar-refractivity contribution < 1.29 is 23.4 Å². The molecular weight excluding hydrogens is 503 g/mol. The average Bonchev–Trinajstić information content (AvgIpc) is 2.96. The van der Waals surface area contributed by atoms with Crippen LogP contribution in [0.3, 0.4) is 0 Å². The van der Waals surface area contributed by atoms with Crippen LogP contribution < -0.4 is 14.2 Å². The topological polar surface area (TPSA) is 44.8 Å². The third-order valence-corrected chi connectivity index (χ3v) is 6.98. The minimum absolute atomic E-state index is 0.147. The fraction of sp³-hybridized carbons (Fsp3) is 0.457. The van der Waals surface area contributed by atoms with Crippen LogP contribution in [0.1, 0.15) is 102 Å². The van der Waals surface area contributed by atoms with Crippen molar-refractivity contribution >= 4 is 5.97 Å². The summed E-state index contributed by atoms with van der Waals surface area (Å²) in [4.78, 5) is 12.6. The van der Waals surface area contributed by atoms with Gasteiger partial charge in [-0.15, -0.1) is 0 Å². The lowest BCUT2D eigenvalue weighted by molar-refractivity contribution is 0.0734. The molecule has 216 valence electrons. The predicted octanol–water partition coefficient (Wildman–Crippen LogP) is 10.2. The van der Waals surface area contributed by atoms with E-state index in [0.717, 1.165) is 36.1 Å². The predicted molar refractivity (Wildman–Crippen MR) is 161 cm³/mol. The van der Waals surface area contributed by atoms with Crippen molar-refractivity contribution in [1.82, 2.24) is 0 Å². The van der Waals surface area contributed by atoms with Crippen molar-refractivity contribution in [3.8, 4) is 28.4 Å². The zero-order valence-corrected chi connectivity index (χ0v) is 24.4. The number of esters is 1. The number of rotatable bonds is 18. The molecule has 0 aliphatic heterocycles. The van der Waals surface area contributed by atoms with Crippen LogP contribution in [0.4, 0.5) is 4.39 Å². The van der Waals surface area contributed by atoms with Gasteiger partial charge in [-0.1, -0.05) is 89.5 Å². The van der Waals surface area contributed by atoms with E-state index >= 15 is 0 Å². The van der Waals surface area contributed by atoms with Gasteiger partial charge in [0.1, 0.15) is 11.5 Å². The minimum atomic E-state index is -0.539. The molecule has 3 rings (SSSR count). The molecule has 1 atom stereocenters. The summed E-state index contributed by atoms with van der Waals surface area (Å²) in [6, 6.07) is 19.5. The molecule has 0 spiro atoms. The van der Waals surface area contributed by atoms with Gasteiger partial charge in [-0.2, -0.15) is 0 Å². The molecule has 0 bridgehead atoms. The van der Waals surface area contributed by atoms with Crippen LogP contribution in [0.15, 0.2) is 66.7 Å². The van der Waals surface area contributed by atoms with Crippen LogP contribution in [0.5, 0.6) is 17.2 Å². The van der Waals surface area contributed by atoms with Gasteiger partial charge < -0.3 is 14.2 Å². The van der Waals surface area contributed by atoms with Crippen molar-refractivity contribution in [2.45, 2.75) is 97.5 Å². The number of hydrogen-bond acceptors (Lipinski definition) is 4. The molecule has 0 saturated heterocycles. The monoisotopic (exact) mass is 548 g/mol.